The van der Waals surface area contributed by atoms with E-state index < -0.39 is 0 Å². The van der Waals surface area contributed by atoms with Gasteiger partial charge in [-0.3, -0.25) is 0 Å². The van der Waals surface area contributed by atoms with Crippen molar-refractivity contribution < 1.29 is 9.94 Å². The Morgan fingerprint density at radius 3 is 2.60 bits per heavy atom. The Bertz CT molecular complexity index is 672. The van der Waals surface area contributed by atoms with Crippen molar-refractivity contribution in [2.75, 3.05) is 0 Å². The van der Waals surface area contributed by atoms with Crippen molar-refractivity contribution in [3.63, 3.8) is 0 Å². The molecule has 0 aliphatic carbocycles. The smallest absolute Gasteiger partial charge is 0.173 e. The highest BCUT2D eigenvalue weighted by molar-refractivity contribution is 6.32. The average molecular weight is 311 g/mol. The van der Waals surface area contributed by atoms with E-state index in [0.717, 1.165) is 5.56 Å². The summed E-state index contributed by atoms with van der Waals surface area (Å²) < 4.78 is 5.74. The van der Waals surface area contributed by atoms with Crippen LogP contribution in [0.5, 0.6) is 11.5 Å². The summed E-state index contributed by atoms with van der Waals surface area (Å²) >= 11 is 12.0. The summed E-state index contributed by atoms with van der Waals surface area (Å²) in [5.41, 5.74) is 7.03. The fraction of sp³-hybridized carbons (Fsp3) is 0.0714. The van der Waals surface area contributed by atoms with Gasteiger partial charge in [-0.25, -0.2) is 0 Å². The van der Waals surface area contributed by atoms with Gasteiger partial charge >= 0.3 is 0 Å². The summed E-state index contributed by atoms with van der Waals surface area (Å²) in [4.78, 5) is 0. The van der Waals surface area contributed by atoms with Gasteiger partial charge in [-0.2, -0.15) is 0 Å². The molecular weight excluding hydrogens is 299 g/mol. The van der Waals surface area contributed by atoms with Gasteiger partial charge in [-0.1, -0.05) is 34.4 Å². The monoisotopic (exact) mass is 310 g/mol. The predicted octanol–water partition coefficient (Wildman–Crippen LogP) is 4.19. The molecule has 20 heavy (non-hydrogen) atoms. The topological polar surface area (TPSA) is 67.8 Å². The van der Waals surface area contributed by atoms with Crippen LogP contribution in [0.2, 0.25) is 10.0 Å². The number of nitrogens with two attached hydrogens (primary N) is 1. The van der Waals surface area contributed by atoms with Crippen LogP contribution in [0.25, 0.3) is 0 Å². The number of oxime groups is 1. The second-order valence-electron chi connectivity index (χ2n) is 4.16. The molecular formula is C14H12Cl2N2O2. The number of rotatable bonds is 3. The second kappa shape index (κ2) is 6.03. The largest absolute Gasteiger partial charge is 0.455 e. The summed E-state index contributed by atoms with van der Waals surface area (Å²) in [7, 11) is 0. The molecule has 0 unspecified atom stereocenters. The van der Waals surface area contributed by atoms with Crippen LogP contribution in [-0.4, -0.2) is 11.0 Å². The number of halogens is 2. The fourth-order valence-corrected chi connectivity index (χ4v) is 1.97. The molecule has 0 aliphatic heterocycles. The standard InChI is InChI=1S/C14H12Cl2N2O2/c1-8-2-5-11(16)13(6-8)20-12-7-9(15)3-4-10(12)14(17)18-19/h2-7,19H,1H3,(H2,17,18). The molecule has 2 aromatic rings. The minimum Gasteiger partial charge on any atom is -0.455 e. The molecule has 0 radical (unpaired) electrons. The Morgan fingerprint density at radius 1 is 1.15 bits per heavy atom. The van der Waals surface area contributed by atoms with Crippen molar-refractivity contribution in [1.82, 2.24) is 0 Å². The molecule has 104 valence electrons. The highest BCUT2D eigenvalue weighted by Crippen LogP contribution is 2.33. The first kappa shape index (κ1) is 14.5. The van der Waals surface area contributed by atoms with Crippen molar-refractivity contribution in [2.45, 2.75) is 6.92 Å². The molecule has 0 fully saturated rings. The number of amidine groups is 1. The molecule has 0 heterocycles. The number of ether oxygens (including phenoxy) is 1. The van der Waals surface area contributed by atoms with E-state index in [2.05, 4.69) is 5.16 Å². The minimum atomic E-state index is -0.0690. The molecule has 6 heteroatoms. The van der Waals surface area contributed by atoms with Gasteiger partial charge < -0.3 is 15.7 Å². The molecule has 0 amide bonds. The third-order valence-electron chi connectivity index (χ3n) is 2.63. The van der Waals surface area contributed by atoms with Crippen molar-refractivity contribution in [3.8, 4) is 11.5 Å². The molecule has 0 saturated carbocycles. The zero-order valence-corrected chi connectivity index (χ0v) is 12.1. The normalized spacial score (nSPS) is 11.4. The number of hydrogen-bond donors (Lipinski definition) is 2. The molecule has 3 N–H and O–H groups in total. The zero-order chi connectivity index (χ0) is 14.7. The molecule has 0 aromatic heterocycles. The lowest BCUT2D eigenvalue weighted by molar-refractivity contribution is 0.318. The van der Waals surface area contributed by atoms with Crippen LogP contribution in [0.3, 0.4) is 0 Å². The van der Waals surface area contributed by atoms with E-state index >= 15 is 0 Å². The van der Waals surface area contributed by atoms with Gasteiger partial charge in [0.1, 0.15) is 11.5 Å². The lowest BCUT2D eigenvalue weighted by Gasteiger charge is -2.12. The minimum absolute atomic E-state index is 0.0690. The van der Waals surface area contributed by atoms with Crippen LogP contribution in [0, 0.1) is 6.92 Å². The molecule has 4 nitrogen and oxygen atoms in total. The first-order valence-corrected chi connectivity index (χ1v) is 6.48. The maximum Gasteiger partial charge on any atom is 0.173 e. The van der Waals surface area contributed by atoms with Crippen LogP contribution in [-0.2, 0) is 0 Å². The highest BCUT2D eigenvalue weighted by Gasteiger charge is 2.12. The third kappa shape index (κ3) is 3.15. The lowest BCUT2D eigenvalue weighted by Crippen LogP contribution is -2.14. The van der Waals surface area contributed by atoms with Crippen LogP contribution < -0.4 is 10.5 Å². The third-order valence-corrected chi connectivity index (χ3v) is 3.18. The summed E-state index contributed by atoms with van der Waals surface area (Å²) in [6, 6.07) is 10.2. The Morgan fingerprint density at radius 2 is 1.90 bits per heavy atom. The number of benzene rings is 2. The predicted molar refractivity (Wildman–Crippen MR) is 80.2 cm³/mol. The van der Waals surface area contributed by atoms with E-state index in [9.17, 15) is 0 Å². The van der Waals surface area contributed by atoms with Crippen LogP contribution in [0.1, 0.15) is 11.1 Å². The molecule has 2 rings (SSSR count). The Kier molecular flexibility index (Phi) is 4.37. The van der Waals surface area contributed by atoms with E-state index in [1.807, 2.05) is 13.0 Å². The van der Waals surface area contributed by atoms with Gasteiger partial charge in [-0.15, -0.1) is 0 Å². The summed E-state index contributed by atoms with van der Waals surface area (Å²) in [6.07, 6.45) is 0. The molecule has 0 saturated heterocycles. The quantitative estimate of drug-likeness (QED) is 0.386. The van der Waals surface area contributed by atoms with Gasteiger partial charge in [0.05, 0.1) is 10.6 Å². The Hall–Kier alpha value is -1.91. The summed E-state index contributed by atoms with van der Waals surface area (Å²) in [5.74, 6) is 0.765. The number of hydrogen-bond acceptors (Lipinski definition) is 3. The summed E-state index contributed by atoms with van der Waals surface area (Å²) in [6.45, 7) is 1.92. The maximum atomic E-state index is 8.80. The first-order valence-electron chi connectivity index (χ1n) is 5.72. The van der Waals surface area contributed by atoms with Gasteiger partial charge in [0.15, 0.2) is 5.84 Å². The van der Waals surface area contributed by atoms with E-state index in [1.54, 1.807) is 30.3 Å². The van der Waals surface area contributed by atoms with E-state index in [0.29, 0.717) is 27.1 Å². The van der Waals surface area contributed by atoms with Crippen LogP contribution in [0.4, 0.5) is 0 Å². The maximum absolute atomic E-state index is 8.80. The van der Waals surface area contributed by atoms with Crippen molar-refractivity contribution in [3.05, 3.63) is 57.6 Å². The van der Waals surface area contributed by atoms with Gasteiger partial charge in [0, 0.05) is 11.1 Å². The molecule has 0 aliphatic rings. The number of nitrogens with zero attached hydrogens (tertiary/aromatic N) is 1. The highest BCUT2D eigenvalue weighted by atomic mass is 35.5. The average Bonchev–Trinajstić information content (AvgIpc) is 2.42. The summed E-state index contributed by atoms with van der Waals surface area (Å²) in [5, 5.41) is 12.7. The van der Waals surface area contributed by atoms with Crippen LogP contribution >= 0.6 is 23.2 Å². The molecule has 2 aromatic carbocycles. The van der Waals surface area contributed by atoms with E-state index in [1.165, 1.54) is 0 Å². The Balaban J connectivity index is 2.47. The SMILES string of the molecule is Cc1ccc(Cl)c(Oc2cc(Cl)ccc2C(N)=NO)c1. The molecule has 0 bridgehead atoms. The molecule has 0 atom stereocenters. The van der Waals surface area contributed by atoms with E-state index in [-0.39, 0.29) is 5.84 Å². The first-order chi connectivity index (χ1) is 9.51. The zero-order valence-electron chi connectivity index (χ0n) is 10.6. The van der Waals surface area contributed by atoms with Gasteiger partial charge in [0.2, 0.25) is 0 Å². The molecule has 0 spiro atoms. The van der Waals surface area contributed by atoms with E-state index in [4.69, 9.17) is 38.9 Å². The van der Waals surface area contributed by atoms with Crippen molar-refractivity contribution >= 4 is 29.0 Å². The Labute approximate surface area is 126 Å². The van der Waals surface area contributed by atoms with Crippen molar-refractivity contribution in [2.24, 2.45) is 10.9 Å². The number of aryl methyl sites for hydroxylation is 1. The van der Waals surface area contributed by atoms with Gasteiger partial charge in [-0.05, 0) is 36.8 Å². The van der Waals surface area contributed by atoms with Crippen LogP contribution in [0.15, 0.2) is 41.6 Å². The second-order valence-corrected chi connectivity index (χ2v) is 5.01. The lowest BCUT2D eigenvalue weighted by atomic mass is 10.2. The van der Waals surface area contributed by atoms with Crippen molar-refractivity contribution in [1.29, 1.82) is 0 Å². The fourth-order valence-electron chi connectivity index (χ4n) is 1.65. The van der Waals surface area contributed by atoms with Gasteiger partial charge in [0.25, 0.3) is 0 Å².